The summed E-state index contributed by atoms with van der Waals surface area (Å²) >= 11 is 0. The van der Waals surface area contributed by atoms with Gasteiger partial charge in [-0.15, -0.1) is 0 Å². The molecule has 0 saturated heterocycles. The summed E-state index contributed by atoms with van der Waals surface area (Å²) in [5, 5.41) is -5.86. The van der Waals surface area contributed by atoms with E-state index in [1.165, 1.54) is 0 Å². The second-order valence-corrected chi connectivity index (χ2v) is 8.87. The van der Waals surface area contributed by atoms with E-state index in [0.717, 1.165) is 0 Å². The summed E-state index contributed by atoms with van der Waals surface area (Å²) < 4.78 is 293. The Bertz CT molecular complexity index is 1720. The van der Waals surface area contributed by atoms with Gasteiger partial charge in [0, 0.05) is 16.5 Å². The summed E-state index contributed by atoms with van der Waals surface area (Å²) in [5.74, 6) is -66.4. The highest BCUT2D eigenvalue weighted by Gasteiger charge is 2.66. The van der Waals surface area contributed by atoms with Crippen molar-refractivity contribution in [2.24, 2.45) is 0 Å². The minimum atomic E-state index is -5.86. The van der Waals surface area contributed by atoms with Crippen molar-refractivity contribution in [2.75, 3.05) is 0 Å². The second-order valence-electron chi connectivity index (χ2n) is 8.87. The third kappa shape index (κ3) is 4.24. The van der Waals surface area contributed by atoms with Crippen molar-refractivity contribution < 1.29 is 87.8 Å². The van der Waals surface area contributed by atoms with Crippen LogP contribution in [0.15, 0.2) is 23.3 Å². The van der Waals surface area contributed by atoms with Gasteiger partial charge in [-0.05, 0) is 0 Å². The zero-order valence-electron chi connectivity index (χ0n) is 20.2. The number of hydrogen-bond donors (Lipinski definition) is 0. The van der Waals surface area contributed by atoms with Crippen LogP contribution in [0.25, 0.3) is 0 Å². The van der Waals surface area contributed by atoms with Crippen molar-refractivity contribution in [3.05, 3.63) is 116 Å². The molecular weight excluding hydrogens is 679 g/mol. The zero-order chi connectivity index (χ0) is 34.4. The first kappa shape index (κ1) is 33.7. The molecular formula is C24HBF20. The predicted octanol–water partition coefficient (Wildman–Crippen LogP) is 7.51. The summed E-state index contributed by atoms with van der Waals surface area (Å²) in [4.78, 5) is 0. The molecule has 0 heterocycles. The highest BCUT2D eigenvalue weighted by molar-refractivity contribution is 6.88. The smallest absolute Gasteiger partial charge is 0.239 e. The molecule has 0 bridgehead atoms. The van der Waals surface area contributed by atoms with Crippen molar-refractivity contribution in [1.82, 2.24) is 0 Å². The van der Waals surface area contributed by atoms with Gasteiger partial charge in [0.05, 0.1) is 5.31 Å². The highest BCUT2D eigenvalue weighted by Crippen LogP contribution is 2.53. The SMILES string of the molecule is FC1=C(F)C(F)C(B(c2c(F)c(F)c(F)c(F)c2F)c2c(F)c(F)c(F)c(F)c2F)(c2c(F)c(F)c(F)c(F)c2F)C(F)=C1F. The van der Waals surface area contributed by atoms with Crippen LogP contribution in [0.2, 0.25) is 0 Å². The summed E-state index contributed by atoms with van der Waals surface area (Å²) in [6.07, 6.45) is -5.12. The molecule has 0 spiro atoms. The Kier molecular flexibility index (Phi) is 8.24. The van der Waals surface area contributed by atoms with Gasteiger partial charge < -0.3 is 0 Å². The normalized spacial score (nSPS) is 18.8. The fourth-order valence-electron chi connectivity index (χ4n) is 4.78. The lowest BCUT2D eigenvalue weighted by Gasteiger charge is -2.42. The van der Waals surface area contributed by atoms with Crippen LogP contribution >= 0.6 is 0 Å². The van der Waals surface area contributed by atoms with Gasteiger partial charge in [0.1, 0.15) is 5.83 Å². The molecule has 21 heteroatoms. The van der Waals surface area contributed by atoms with Gasteiger partial charge in [0.2, 0.25) is 12.5 Å². The molecule has 1 aliphatic carbocycles. The summed E-state index contributed by atoms with van der Waals surface area (Å²) in [6, 6.07) is 0. The number of rotatable bonds is 4. The fraction of sp³-hybridized carbons (Fsp3) is 0.0833. The summed E-state index contributed by atoms with van der Waals surface area (Å²) in [5.41, 5.74) is -10.1. The van der Waals surface area contributed by atoms with E-state index in [9.17, 15) is 52.7 Å². The van der Waals surface area contributed by atoms with Gasteiger partial charge >= 0.3 is 0 Å². The monoisotopic (exact) mass is 680 g/mol. The molecule has 45 heavy (non-hydrogen) atoms. The molecule has 240 valence electrons. The first-order chi connectivity index (χ1) is 20.7. The highest BCUT2D eigenvalue weighted by atomic mass is 19.2. The number of allylic oxidation sites excluding steroid dienone is 4. The van der Waals surface area contributed by atoms with Crippen LogP contribution in [0.1, 0.15) is 5.56 Å². The molecule has 0 radical (unpaired) electrons. The summed E-state index contributed by atoms with van der Waals surface area (Å²) in [7, 11) is 0. The van der Waals surface area contributed by atoms with Gasteiger partial charge in [-0.3, -0.25) is 0 Å². The maximum absolute atomic E-state index is 15.9. The number of alkyl halides is 1. The molecule has 3 aromatic carbocycles. The Labute approximate surface area is 233 Å². The lowest BCUT2D eigenvalue weighted by atomic mass is 9.23. The Morgan fingerprint density at radius 1 is 0.356 bits per heavy atom. The minimum Gasteiger partial charge on any atom is -0.239 e. The molecule has 0 nitrogen and oxygen atoms in total. The standard InChI is InChI=1S/C24HBF20/c26-4-1(5(27)11(33)16(38)10(4)32)24(22(44)20(42)19(41)21(43)23(24)45)25(2-6(28)12(34)17(39)13(35)7(2)29)3-8(30)14(36)18(40)15(37)9(3)31/h22H. The van der Waals surface area contributed by atoms with Crippen LogP contribution in [0.3, 0.4) is 0 Å². The zero-order valence-corrected chi connectivity index (χ0v) is 20.2. The number of halogens is 20. The van der Waals surface area contributed by atoms with Gasteiger partial charge in [-0.2, -0.15) is 0 Å². The molecule has 0 amide bonds. The minimum absolute atomic E-state index is 3.25. The average Bonchev–Trinajstić information content (AvgIpc) is 3.01. The van der Waals surface area contributed by atoms with E-state index in [1.807, 2.05) is 0 Å². The van der Waals surface area contributed by atoms with Crippen molar-refractivity contribution in [3.63, 3.8) is 0 Å². The first-order valence-electron chi connectivity index (χ1n) is 11.0. The van der Waals surface area contributed by atoms with E-state index in [4.69, 9.17) is 0 Å². The number of hydrogen-bond acceptors (Lipinski definition) is 0. The van der Waals surface area contributed by atoms with E-state index in [1.54, 1.807) is 0 Å². The third-order valence-corrected chi connectivity index (χ3v) is 6.72. The Morgan fingerprint density at radius 2 is 0.622 bits per heavy atom. The average molecular weight is 680 g/mol. The van der Waals surface area contributed by atoms with Crippen LogP contribution < -0.4 is 10.9 Å². The van der Waals surface area contributed by atoms with Crippen LogP contribution in [0, 0.1) is 87.3 Å². The first-order valence-corrected chi connectivity index (χ1v) is 11.0. The molecule has 0 fully saturated rings. The van der Waals surface area contributed by atoms with Crippen LogP contribution in [0.4, 0.5) is 87.8 Å². The molecule has 3 aromatic rings. The lowest BCUT2D eigenvalue weighted by Crippen LogP contribution is -2.68. The van der Waals surface area contributed by atoms with E-state index in [2.05, 4.69) is 0 Å². The van der Waals surface area contributed by atoms with Gasteiger partial charge in [0.15, 0.2) is 105 Å². The van der Waals surface area contributed by atoms with Crippen LogP contribution in [-0.2, 0) is 5.31 Å². The van der Waals surface area contributed by atoms with Gasteiger partial charge in [0.25, 0.3) is 0 Å². The van der Waals surface area contributed by atoms with E-state index < -0.39 is 145 Å². The molecule has 0 aromatic heterocycles. The maximum atomic E-state index is 15.9. The Hall–Kier alpha value is -4.20. The predicted molar refractivity (Wildman–Crippen MR) is 109 cm³/mol. The van der Waals surface area contributed by atoms with Crippen LogP contribution in [0.5, 0.6) is 0 Å². The largest absolute Gasteiger partial charge is 0.248 e. The molecule has 2 unspecified atom stereocenters. The van der Waals surface area contributed by atoms with E-state index >= 15 is 35.1 Å². The second kappa shape index (κ2) is 11.0. The van der Waals surface area contributed by atoms with E-state index in [0.29, 0.717) is 0 Å². The third-order valence-electron chi connectivity index (χ3n) is 6.72. The van der Waals surface area contributed by atoms with Crippen molar-refractivity contribution in [2.45, 2.75) is 11.5 Å². The molecule has 0 saturated carbocycles. The van der Waals surface area contributed by atoms with Crippen molar-refractivity contribution >= 4 is 17.6 Å². The maximum Gasteiger partial charge on any atom is 0.248 e. The molecule has 0 aliphatic heterocycles. The summed E-state index contributed by atoms with van der Waals surface area (Å²) in [6.45, 7) is -4.97. The molecule has 1 aliphatic rings. The topological polar surface area (TPSA) is 0 Å². The van der Waals surface area contributed by atoms with Crippen LogP contribution in [-0.4, -0.2) is 12.9 Å². The fourth-order valence-corrected chi connectivity index (χ4v) is 4.78. The van der Waals surface area contributed by atoms with Gasteiger partial charge in [-0.1, -0.05) is 0 Å². The lowest BCUT2D eigenvalue weighted by molar-refractivity contribution is 0.208. The quantitative estimate of drug-likeness (QED) is 0.116. The van der Waals surface area contributed by atoms with E-state index in [-0.39, 0.29) is 0 Å². The van der Waals surface area contributed by atoms with Crippen molar-refractivity contribution in [3.8, 4) is 0 Å². The molecule has 2 atom stereocenters. The number of benzene rings is 3. The Morgan fingerprint density at radius 3 is 0.933 bits per heavy atom. The van der Waals surface area contributed by atoms with Crippen molar-refractivity contribution in [1.29, 1.82) is 0 Å². The molecule has 0 N–H and O–H groups in total. The van der Waals surface area contributed by atoms with Gasteiger partial charge in [-0.25, -0.2) is 87.8 Å². The Balaban J connectivity index is 2.51. The molecule has 4 rings (SSSR count).